The third-order valence-electron chi connectivity index (χ3n) is 4.38. The third kappa shape index (κ3) is 3.81. The number of hydrogen-bond donors (Lipinski definition) is 1. The van der Waals surface area contributed by atoms with E-state index in [2.05, 4.69) is 0 Å². The smallest absolute Gasteiger partial charge is 0.335 e. The molecule has 0 unspecified atom stereocenters. The molecule has 0 aliphatic heterocycles. The highest BCUT2D eigenvalue weighted by molar-refractivity contribution is 6.42. The molecule has 0 amide bonds. The highest BCUT2D eigenvalue weighted by atomic mass is 35.5. The Morgan fingerprint density at radius 1 is 0.821 bits per heavy atom. The van der Waals surface area contributed by atoms with Gasteiger partial charge in [0.2, 0.25) is 0 Å². The van der Waals surface area contributed by atoms with Gasteiger partial charge in [0.15, 0.2) is 0 Å². The van der Waals surface area contributed by atoms with E-state index in [0.717, 1.165) is 27.8 Å². The molecule has 0 spiro atoms. The molecule has 1 N–H and O–H groups in total. The fourth-order valence-electron chi connectivity index (χ4n) is 2.86. The minimum absolute atomic E-state index is 0.273. The largest absolute Gasteiger partial charge is 0.478 e. The number of aromatic carboxylic acids is 1. The Labute approximate surface area is 171 Å². The molecule has 0 saturated carbocycles. The van der Waals surface area contributed by atoms with Crippen LogP contribution in [0, 0.1) is 0 Å². The molecule has 0 aliphatic rings. The lowest BCUT2D eigenvalue weighted by atomic mass is 10.1. The van der Waals surface area contributed by atoms with Gasteiger partial charge in [-0.25, -0.2) is 4.79 Å². The van der Waals surface area contributed by atoms with Gasteiger partial charge >= 0.3 is 5.97 Å². The summed E-state index contributed by atoms with van der Waals surface area (Å²) in [5, 5.41) is 10.8. The van der Waals surface area contributed by atoms with E-state index >= 15 is 0 Å². The van der Waals surface area contributed by atoms with Crippen molar-refractivity contribution in [2.24, 2.45) is 0 Å². The van der Waals surface area contributed by atoms with Crippen molar-refractivity contribution in [2.75, 3.05) is 0 Å². The van der Waals surface area contributed by atoms with Gasteiger partial charge in [-0.1, -0.05) is 71.8 Å². The van der Waals surface area contributed by atoms with Crippen molar-refractivity contribution < 1.29 is 14.3 Å². The topological polar surface area (TPSA) is 50.4 Å². The molecular weight excluding hydrogens is 395 g/mol. The van der Waals surface area contributed by atoms with Gasteiger partial charge in [0.25, 0.3) is 0 Å². The maximum absolute atomic E-state index is 10.9. The fraction of sp³-hybridized carbons (Fsp3) is 0. The minimum atomic E-state index is -0.929. The summed E-state index contributed by atoms with van der Waals surface area (Å²) in [6, 6.07) is 20.1. The van der Waals surface area contributed by atoms with Gasteiger partial charge in [-0.3, -0.25) is 0 Å². The number of furan rings is 1. The van der Waals surface area contributed by atoms with E-state index in [0.29, 0.717) is 15.6 Å². The van der Waals surface area contributed by atoms with Crippen molar-refractivity contribution in [3.8, 4) is 11.3 Å². The Morgan fingerprint density at radius 3 is 2.00 bits per heavy atom. The Balaban J connectivity index is 1.54. The molecule has 5 heteroatoms. The molecule has 0 radical (unpaired) electrons. The molecule has 0 aliphatic carbocycles. The summed E-state index contributed by atoms with van der Waals surface area (Å²) in [4.78, 5) is 10.9. The van der Waals surface area contributed by atoms with Crippen molar-refractivity contribution in [1.82, 2.24) is 0 Å². The van der Waals surface area contributed by atoms with E-state index in [-0.39, 0.29) is 5.56 Å². The molecule has 0 saturated heterocycles. The molecule has 3 nitrogen and oxygen atoms in total. The van der Waals surface area contributed by atoms with Gasteiger partial charge in [0, 0.05) is 17.0 Å². The fourth-order valence-corrected chi connectivity index (χ4v) is 3.19. The summed E-state index contributed by atoms with van der Waals surface area (Å²) < 4.78 is 5.88. The summed E-state index contributed by atoms with van der Waals surface area (Å²) in [7, 11) is 0. The van der Waals surface area contributed by atoms with Gasteiger partial charge in [0.1, 0.15) is 11.3 Å². The van der Waals surface area contributed by atoms with Crippen LogP contribution in [0.25, 0.3) is 34.4 Å². The Morgan fingerprint density at radius 2 is 1.39 bits per heavy atom. The van der Waals surface area contributed by atoms with Crippen molar-refractivity contribution in [2.45, 2.75) is 0 Å². The van der Waals surface area contributed by atoms with Crippen LogP contribution in [0.1, 0.15) is 21.5 Å². The van der Waals surface area contributed by atoms with Crippen LogP contribution in [0.3, 0.4) is 0 Å². The number of rotatable bonds is 4. The number of carboxylic acids is 1. The first-order chi connectivity index (χ1) is 13.5. The van der Waals surface area contributed by atoms with Gasteiger partial charge in [-0.15, -0.1) is 0 Å². The van der Waals surface area contributed by atoms with Gasteiger partial charge in [0.05, 0.1) is 15.6 Å². The van der Waals surface area contributed by atoms with Gasteiger partial charge in [-0.2, -0.15) is 0 Å². The first-order valence-corrected chi connectivity index (χ1v) is 9.26. The molecule has 3 aromatic carbocycles. The SMILES string of the molecule is O=C(O)c1ccc(C=Cc2ccc(-c3cc4cc(Cl)c(Cl)cc4o3)cc2)cc1. The summed E-state index contributed by atoms with van der Waals surface area (Å²) in [6.07, 6.45) is 3.91. The zero-order valence-corrected chi connectivity index (χ0v) is 16.0. The molecule has 0 fully saturated rings. The first kappa shape index (κ1) is 18.4. The zero-order valence-electron chi connectivity index (χ0n) is 14.5. The highest BCUT2D eigenvalue weighted by Crippen LogP contribution is 2.33. The number of carboxylic acid groups (broad SMARTS) is 1. The molecular formula is C23H14Cl2O3. The molecule has 1 aromatic heterocycles. The van der Waals surface area contributed by atoms with E-state index < -0.39 is 5.97 Å². The average molecular weight is 409 g/mol. The maximum atomic E-state index is 10.9. The number of halogens is 2. The van der Waals surface area contributed by atoms with E-state index in [1.54, 1.807) is 36.4 Å². The predicted molar refractivity (Wildman–Crippen MR) is 114 cm³/mol. The molecule has 0 bridgehead atoms. The lowest BCUT2D eigenvalue weighted by Crippen LogP contribution is -1.94. The highest BCUT2D eigenvalue weighted by Gasteiger charge is 2.09. The van der Waals surface area contributed by atoms with Crippen LogP contribution in [-0.2, 0) is 0 Å². The molecule has 138 valence electrons. The molecule has 28 heavy (non-hydrogen) atoms. The van der Waals surface area contributed by atoms with E-state index in [4.69, 9.17) is 32.7 Å². The Kier molecular flexibility index (Phi) is 4.95. The van der Waals surface area contributed by atoms with Crippen molar-refractivity contribution in [3.05, 3.63) is 93.5 Å². The van der Waals surface area contributed by atoms with E-state index in [1.165, 1.54) is 0 Å². The summed E-state index contributed by atoms with van der Waals surface area (Å²) >= 11 is 12.1. The number of carbonyl (C=O) groups is 1. The summed E-state index contributed by atoms with van der Waals surface area (Å²) in [5.41, 5.74) is 3.87. The summed E-state index contributed by atoms with van der Waals surface area (Å²) in [6.45, 7) is 0. The first-order valence-electron chi connectivity index (χ1n) is 8.50. The standard InChI is InChI=1S/C23H14Cl2O3/c24-19-11-18-12-21(28-22(18)13-20(19)25)16-7-3-14(4-8-16)1-2-15-5-9-17(10-6-15)23(26)27/h1-13H,(H,26,27). The Bertz CT molecular complexity index is 1150. The minimum Gasteiger partial charge on any atom is -0.478 e. The van der Waals surface area contributed by atoms with Crippen LogP contribution in [0.5, 0.6) is 0 Å². The van der Waals surface area contributed by atoms with Gasteiger partial charge in [-0.05, 0) is 35.4 Å². The van der Waals surface area contributed by atoms with E-state index in [9.17, 15) is 4.79 Å². The second kappa shape index (κ2) is 7.55. The third-order valence-corrected chi connectivity index (χ3v) is 5.10. The Hall–Kier alpha value is -3.01. The predicted octanol–water partition coefficient (Wildman–Crippen LogP) is 7.28. The lowest BCUT2D eigenvalue weighted by molar-refractivity contribution is 0.0697. The van der Waals surface area contributed by atoms with Crippen LogP contribution in [0.2, 0.25) is 10.0 Å². The van der Waals surface area contributed by atoms with Crippen LogP contribution in [-0.4, -0.2) is 11.1 Å². The quantitative estimate of drug-likeness (QED) is 0.361. The normalized spacial score (nSPS) is 11.4. The number of hydrogen-bond acceptors (Lipinski definition) is 2. The average Bonchev–Trinajstić information content (AvgIpc) is 3.10. The summed E-state index contributed by atoms with van der Waals surface area (Å²) in [5.74, 6) is -0.186. The molecule has 0 atom stereocenters. The molecule has 4 aromatic rings. The maximum Gasteiger partial charge on any atom is 0.335 e. The van der Waals surface area contributed by atoms with Crippen molar-refractivity contribution in [1.29, 1.82) is 0 Å². The van der Waals surface area contributed by atoms with Crippen molar-refractivity contribution >= 4 is 52.3 Å². The van der Waals surface area contributed by atoms with Crippen LogP contribution in [0.4, 0.5) is 0 Å². The van der Waals surface area contributed by atoms with Crippen LogP contribution < -0.4 is 0 Å². The van der Waals surface area contributed by atoms with Crippen LogP contribution in [0.15, 0.2) is 71.1 Å². The molecule has 4 rings (SSSR count). The zero-order chi connectivity index (χ0) is 19.7. The van der Waals surface area contributed by atoms with Crippen LogP contribution >= 0.6 is 23.2 Å². The van der Waals surface area contributed by atoms with Crippen molar-refractivity contribution in [3.63, 3.8) is 0 Å². The van der Waals surface area contributed by atoms with E-state index in [1.807, 2.05) is 42.5 Å². The van der Waals surface area contributed by atoms with Gasteiger partial charge < -0.3 is 9.52 Å². The second-order valence-electron chi connectivity index (χ2n) is 6.30. The second-order valence-corrected chi connectivity index (χ2v) is 7.11. The molecule has 1 heterocycles. The number of fused-ring (bicyclic) bond motifs is 1. The lowest BCUT2D eigenvalue weighted by Gasteiger charge is -1.99. The monoisotopic (exact) mass is 408 g/mol. The number of benzene rings is 3.